The monoisotopic (exact) mass is 343 g/mol. The van der Waals surface area contributed by atoms with Gasteiger partial charge >= 0.3 is 5.97 Å². The highest BCUT2D eigenvalue weighted by Crippen LogP contribution is 2.13. The van der Waals surface area contributed by atoms with Gasteiger partial charge in [-0.1, -0.05) is 78.6 Å². The van der Waals surface area contributed by atoms with Crippen LogP contribution in [0.15, 0.2) is 0 Å². The maximum atomic E-state index is 11.7. The summed E-state index contributed by atoms with van der Waals surface area (Å²) in [5.74, 6) is 0.387. The van der Waals surface area contributed by atoms with Crippen molar-refractivity contribution in [1.82, 2.24) is 0 Å². The first-order chi connectivity index (χ1) is 11.6. The normalized spacial score (nSPS) is 13.7. The molecule has 0 bridgehead atoms. The molecule has 0 aromatic rings. The highest BCUT2D eigenvalue weighted by atomic mass is 16.6. The Morgan fingerprint density at radius 3 is 2.12 bits per heavy atom. The van der Waals surface area contributed by atoms with E-state index in [4.69, 9.17) is 15.2 Å². The lowest BCUT2D eigenvalue weighted by atomic mass is 10.0. The second kappa shape index (κ2) is 17.2. The summed E-state index contributed by atoms with van der Waals surface area (Å²) in [5.41, 5.74) is 5.82. The van der Waals surface area contributed by atoms with Gasteiger partial charge in [0.2, 0.25) is 0 Å². The maximum absolute atomic E-state index is 11.7. The summed E-state index contributed by atoms with van der Waals surface area (Å²) in [6, 6.07) is 0. The number of esters is 1. The lowest BCUT2D eigenvalue weighted by Crippen LogP contribution is -2.32. The van der Waals surface area contributed by atoms with Crippen LogP contribution in [0.4, 0.5) is 0 Å². The van der Waals surface area contributed by atoms with E-state index >= 15 is 0 Å². The summed E-state index contributed by atoms with van der Waals surface area (Å²) in [6.45, 7) is 7.61. The molecule has 4 nitrogen and oxygen atoms in total. The van der Waals surface area contributed by atoms with Crippen molar-refractivity contribution >= 4 is 5.97 Å². The van der Waals surface area contributed by atoms with Crippen LogP contribution < -0.4 is 5.73 Å². The lowest BCUT2D eigenvalue weighted by Gasteiger charge is -2.17. The topological polar surface area (TPSA) is 61.5 Å². The van der Waals surface area contributed by atoms with Crippen LogP contribution in [-0.4, -0.2) is 25.4 Å². The predicted octanol–water partition coefficient (Wildman–Crippen LogP) is 5.19. The van der Waals surface area contributed by atoms with E-state index in [1.165, 1.54) is 51.4 Å². The molecule has 0 saturated heterocycles. The van der Waals surface area contributed by atoms with Gasteiger partial charge < -0.3 is 9.47 Å². The van der Waals surface area contributed by atoms with E-state index in [0.29, 0.717) is 25.6 Å². The molecule has 2 atom stereocenters. The molecule has 0 spiro atoms. The van der Waals surface area contributed by atoms with E-state index < -0.39 is 6.23 Å². The fraction of sp³-hybridized carbons (Fsp3) is 0.950. The molecule has 144 valence electrons. The van der Waals surface area contributed by atoms with Gasteiger partial charge in [-0.25, -0.2) is 0 Å². The fourth-order valence-electron chi connectivity index (χ4n) is 2.74. The number of carbonyl (C=O) groups is 1. The Labute approximate surface area is 149 Å². The van der Waals surface area contributed by atoms with Crippen molar-refractivity contribution in [2.45, 2.75) is 104 Å². The first kappa shape index (κ1) is 23.4. The van der Waals surface area contributed by atoms with Crippen LogP contribution in [0.1, 0.15) is 97.8 Å². The zero-order chi connectivity index (χ0) is 18.0. The minimum absolute atomic E-state index is 0.197. The Hall–Kier alpha value is -0.610. The molecule has 0 aliphatic heterocycles. The summed E-state index contributed by atoms with van der Waals surface area (Å²) in [7, 11) is 0. The van der Waals surface area contributed by atoms with Crippen LogP contribution in [0.25, 0.3) is 0 Å². The van der Waals surface area contributed by atoms with E-state index in [-0.39, 0.29) is 5.97 Å². The van der Waals surface area contributed by atoms with Gasteiger partial charge in [0.25, 0.3) is 0 Å². The molecule has 0 amide bonds. The number of ether oxygens (including phenoxy) is 2. The molecule has 0 aromatic heterocycles. The van der Waals surface area contributed by atoms with E-state index in [1.54, 1.807) is 0 Å². The van der Waals surface area contributed by atoms with Gasteiger partial charge in [0.05, 0.1) is 6.61 Å². The van der Waals surface area contributed by atoms with Crippen LogP contribution in [-0.2, 0) is 14.3 Å². The average molecular weight is 344 g/mol. The molecule has 2 N–H and O–H groups in total. The summed E-state index contributed by atoms with van der Waals surface area (Å²) < 4.78 is 10.8. The molecule has 0 aromatic carbocycles. The summed E-state index contributed by atoms with van der Waals surface area (Å²) in [6.07, 6.45) is 13.0. The molecule has 2 unspecified atom stereocenters. The van der Waals surface area contributed by atoms with Crippen LogP contribution >= 0.6 is 0 Å². The average Bonchev–Trinajstić information content (AvgIpc) is 2.57. The Morgan fingerprint density at radius 2 is 1.50 bits per heavy atom. The van der Waals surface area contributed by atoms with Crippen molar-refractivity contribution in [3.05, 3.63) is 0 Å². The Bertz CT molecular complexity index is 284. The van der Waals surface area contributed by atoms with Gasteiger partial charge in [-0.2, -0.15) is 0 Å². The Balaban J connectivity index is 3.57. The fourth-order valence-corrected chi connectivity index (χ4v) is 2.74. The number of rotatable bonds is 17. The minimum atomic E-state index is -0.634. The van der Waals surface area contributed by atoms with Gasteiger partial charge in [-0.15, -0.1) is 0 Å². The SMILES string of the molecule is CCCCCCCCCC(=O)OC(N)COCC(CC)CCCC. The van der Waals surface area contributed by atoms with Crippen molar-refractivity contribution in [3.63, 3.8) is 0 Å². The highest BCUT2D eigenvalue weighted by Gasteiger charge is 2.12. The number of nitrogens with two attached hydrogens (primary N) is 1. The second-order valence-electron chi connectivity index (χ2n) is 6.85. The van der Waals surface area contributed by atoms with Crippen LogP contribution in [0.5, 0.6) is 0 Å². The Morgan fingerprint density at radius 1 is 0.875 bits per heavy atom. The largest absolute Gasteiger partial charge is 0.444 e. The predicted molar refractivity (Wildman–Crippen MR) is 101 cm³/mol. The van der Waals surface area contributed by atoms with E-state index in [1.807, 2.05) is 0 Å². The molecular formula is C20H41NO3. The molecule has 4 heteroatoms. The lowest BCUT2D eigenvalue weighted by molar-refractivity contribution is -0.152. The van der Waals surface area contributed by atoms with E-state index in [2.05, 4.69) is 20.8 Å². The van der Waals surface area contributed by atoms with Crippen molar-refractivity contribution in [2.75, 3.05) is 13.2 Å². The molecule has 0 radical (unpaired) electrons. The van der Waals surface area contributed by atoms with Crippen LogP contribution in [0.2, 0.25) is 0 Å². The zero-order valence-electron chi connectivity index (χ0n) is 16.4. The van der Waals surface area contributed by atoms with Crippen molar-refractivity contribution in [1.29, 1.82) is 0 Å². The third kappa shape index (κ3) is 14.9. The molecule has 0 aliphatic carbocycles. The third-order valence-corrected chi connectivity index (χ3v) is 4.45. The first-order valence-electron chi connectivity index (χ1n) is 10.2. The van der Waals surface area contributed by atoms with Crippen LogP contribution in [0.3, 0.4) is 0 Å². The molecule has 0 heterocycles. The summed E-state index contributed by atoms with van der Waals surface area (Å²) in [5, 5.41) is 0. The number of hydrogen-bond acceptors (Lipinski definition) is 4. The summed E-state index contributed by atoms with van der Waals surface area (Å²) in [4.78, 5) is 11.7. The molecule has 0 fully saturated rings. The van der Waals surface area contributed by atoms with Crippen molar-refractivity contribution in [3.8, 4) is 0 Å². The van der Waals surface area contributed by atoms with Gasteiger partial charge in [0.1, 0.15) is 0 Å². The molecule has 24 heavy (non-hydrogen) atoms. The molecular weight excluding hydrogens is 302 g/mol. The van der Waals surface area contributed by atoms with Crippen molar-refractivity contribution in [2.24, 2.45) is 11.7 Å². The number of carbonyl (C=O) groups excluding carboxylic acids is 1. The van der Waals surface area contributed by atoms with Gasteiger partial charge in [0.15, 0.2) is 6.23 Å². The second-order valence-corrected chi connectivity index (χ2v) is 6.85. The Kier molecular flexibility index (Phi) is 16.8. The van der Waals surface area contributed by atoms with Gasteiger partial charge in [-0.3, -0.25) is 10.5 Å². The number of hydrogen-bond donors (Lipinski definition) is 1. The van der Waals surface area contributed by atoms with Crippen molar-refractivity contribution < 1.29 is 14.3 Å². The van der Waals surface area contributed by atoms with E-state index in [9.17, 15) is 4.79 Å². The van der Waals surface area contributed by atoms with E-state index in [0.717, 1.165) is 19.3 Å². The van der Waals surface area contributed by atoms with Gasteiger partial charge in [-0.05, 0) is 18.8 Å². The third-order valence-electron chi connectivity index (χ3n) is 4.45. The quantitative estimate of drug-likeness (QED) is 0.224. The molecule has 0 rings (SSSR count). The smallest absolute Gasteiger partial charge is 0.307 e. The molecule has 0 saturated carbocycles. The number of unbranched alkanes of at least 4 members (excludes halogenated alkanes) is 7. The highest BCUT2D eigenvalue weighted by molar-refractivity contribution is 5.69. The minimum Gasteiger partial charge on any atom is -0.444 e. The van der Waals surface area contributed by atoms with Gasteiger partial charge in [0, 0.05) is 13.0 Å². The van der Waals surface area contributed by atoms with Crippen LogP contribution in [0, 0.1) is 5.92 Å². The standard InChI is InChI=1S/C20H41NO3/c1-4-7-9-10-11-12-13-15-20(22)24-19(21)17-23-16-18(6-3)14-8-5-2/h18-19H,4-17,21H2,1-3H3. The zero-order valence-corrected chi connectivity index (χ0v) is 16.4. The first-order valence-corrected chi connectivity index (χ1v) is 10.2. The maximum Gasteiger partial charge on any atom is 0.307 e. The molecule has 0 aliphatic rings. The summed E-state index contributed by atoms with van der Waals surface area (Å²) >= 11 is 0.